The van der Waals surface area contributed by atoms with Crippen molar-refractivity contribution in [1.29, 1.82) is 0 Å². The Morgan fingerprint density at radius 3 is 2.32 bits per heavy atom. The second kappa shape index (κ2) is 7.72. The topological polar surface area (TPSA) is 98.1 Å². The van der Waals surface area contributed by atoms with Crippen LogP contribution >= 0.6 is 0 Å². The first kappa shape index (κ1) is 22.3. The molecule has 7 nitrogen and oxygen atoms in total. The Labute approximate surface area is 181 Å². The number of fused-ring (bicyclic) bond motifs is 1. The Morgan fingerprint density at radius 2 is 1.77 bits per heavy atom. The van der Waals surface area contributed by atoms with Gasteiger partial charge in [-0.1, -0.05) is 47.6 Å². The number of nitro groups is 1. The second-order valence-corrected chi connectivity index (χ2v) is 9.59. The molecule has 164 valence electrons. The number of methoxy groups -OCH3 is 1. The van der Waals surface area contributed by atoms with Gasteiger partial charge in [0, 0.05) is 17.2 Å². The molecule has 0 fully saturated rings. The van der Waals surface area contributed by atoms with E-state index in [9.17, 15) is 15.2 Å². The van der Waals surface area contributed by atoms with Crippen LogP contribution in [0, 0.1) is 10.1 Å². The van der Waals surface area contributed by atoms with Gasteiger partial charge in [-0.15, -0.1) is 0 Å². The molecule has 1 aromatic heterocycles. The molecule has 0 amide bonds. The Hall–Kier alpha value is -3.35. The maximum atomic E-state index is 11.4. The molecule has 0 spiro atoms. The molecule has 0 radical (unpaired) electrons. The van der Waals surface area contributed by atoms with Crippen LogP contribution in [-0.4, -0.2) is 23.4 Å². The van der Waals surface area contributed by atoms with Gasteiger partial charge in [-0.3, -0.25) is 10.1 Å². The van der Waals surface area contributed by atoms with Crippen molar-refractivity contribution in [3.8, 4) is 11.7 Å². The van der Waals surface area contributed by atoms with Crippen LogP contribution < -0.4 is 4.74 Å². The number of aliphatic imine (C=N–C) groups is 1. The molecule has 0 aliphatic carbocycles. The molecule has 31 heavy (non-hydrogen) atoms. The zero-order valence-corrected chi connectivity index (χ0v) is 18.9. The van der Waals surface area contributed by atoms with E-state index in [4.69, 9.17) is 9.15 Å². The fraction of sp³-hybridized carbons (Fsp3) is 0.375. The zero-order chi connectivity index (χ0) is 23.1. The van der Waals surface area contributed by atoms with Gasteiger partial charge in [0.25, 0.3) is 11.6 Å². The van der Waals surface area contributed by atoms with E-state index in [1.807, 2.05) is 6.07 Å². The summed E-state index contributed by atoms with van der Waals surface area (Å²) in [6.45, 7) is 12.6. The molecule has 0 aliphatic heterocycles. The van der Waals surface area contributed by atoms with Gasteiger partial charge in [-0.25, -0.2) is 4.99 Å². The lowest BCUT2D eigenvalue weighted by molar-refractivity contribution is -0.384. The van der Waals surface area contributed by atoms with Crippen molar-refractivity contribution >= 4 is 28.6 Å². The molecule has 0 aliphatic rings. The van der Waals surface area contributed by atoms with Gasteiger partial charge >= 0.3 is 0 Å². The van der Waals surface area contributed by atoms with Crippen molar-refractivity contribution in [2.45, 2.75) is 52.4 Å². The molecule has 7 heteroatoms. The molecule has 0 saturated carbocycles. The SMILES string of the molecule is COc1ccc(N=Cc2c(O)oc3c(C(C)(C)C)cc(C(C)(C)C)cc23)c([N+](=O)[O-])c1. The van der Waals surface area contributed by atoms with Crippen molar-refractivity contribution in [2.75, 3.05) is 7.11 Å². The number of rotatable bonds is 4. The highest BCUT2D eigenvalue weighted by molar-refractivity contribution is 6.03. The van der Waals surface area contributed by atoms with Gasteiger partial charge < -0.3 is 14.3 Å². The van der Waals surface area contributed by atoms with E-state index >= 15 is 0 Å². The van der Waals surface area contributed by atoms with Crippen molar-refractivity contribution in [1.82, 2.24) is 0 Å². The Balaban J connectivity index is 2.22. The number of nitrogens with zero attached hydrogens (tertiary/aromatic N) is 2. The number of aromatic hydroxyl groups is 1. The van der Waals surface area contributed by atoms with Gasteiger partial charge in [0.15, 0.2) is 0 Å². The maximum Gasteiger partial charge on any atom is 0.298 e. The minimum atomic E-state index is -0.516. The standard InChI is InChI=1S/C24H28N2O5/c1-23(2,3)14-10-16-17(22(27)31-21(16)18(11-14)24(4,5)6)13-25-19-9-8-15(30-7)12-20(19)26(28)29/h8-13,27H,1-7H3. The molecule has 0 saturated heterocycles. The lowest BCUT2D eigenvalue weighted by Gasteiger charge is -2.25. The number of nitro benzene ring substituents is 1. The highest BCUT2D eigenvalue weighted by atomic mass is 16.6. The summed E-state index contributed by atoms with van der Waals surface area (Å²) in [5, 5.41) is 22.7. The quantitative estimate of drug-likeness (QED) is 0.297. The second-order valence-electron chi connectivity index (χ2n) is 9.59. The maximum absolute atomic E-state index is 11.4. The molecule has 0 unspecified atom stereocenters. The molecule has 0 atom stereocenters. The zero-order valence-electron chi connectivity index (χ0n) is 18.9. The van der Waals surface area contributed by atoms with Crippen molar-refractivity contribution in [2.24, 2.45) is 4.99 Å². The first-order valence-corrected chi connectivity index (χ1v) is 10.00. The predicted octanol–water partition coefficient (Wildman–Crippen LogP) is 6.40. The minimum absolute atomic E-state index is 0.121. The van der Waals surface area contributed by atoms with Crippen molar-refractivity contribution < 1.29 is 19.2 Å². The largest absolute Gasteiger partial charge is 0.496 e. The predicted molar refractivity (Wildman–Crippen MR) is 122 cm³/mol. The highest BCUT2D eigenvalue weighted by Crippen LogP contribution is 2.41. The van der Waals surface area contributed by atoms with Crippen LogP contribution in [0.5, 0.6) is 11.7 Å². The number of furan rings is 1. The van der Waals surface area contributed by atoms with Crippen LogP contribution in [0.25, 0.3) is 11.0 Å². The lowest BCUT2D eigenvalue weighted by Crippen LogP contribution is -2.16. The third-order valence-corrected chi connectivity index (χ3v) is 5.19. The molecular weight excluding hydrogens is 396 g/mol. The van der Waals surface area contributed by atoms with Gasteiger partial charge in [-0.2, -0.15) is 0 Å². The highest BCUT2D eigenvalue weighted by Gasteiger charge is 2.27. The van der Waals surface area contributed by atoms with Crippen molar-refractivity contribution in [3.63, 3.8) is 0 Å². The number of benzene rings is 2. The summed E-state index contributed by atoms with van der Waals surface area (Å²) in [7, 11) is 1.44. The molecule has 1 N–H and O–H groups in total. The monoisotopic (exact) mass is 424 g/mol. The summed E-state index contributed by atoms with van der Waals surface area (Å²) in [6, 6.07) is 8.52. The summed E-state index contributed by atoms with van der Waals surface area (Å²) >= 11 is 0. The molecular formula is C24H28N2O5. The normalized spacial score (nSPS) is 12.6. The lowest BCUT2D eigenvalue weighted by atomic mass is 9.79. The Morgan fingerprint density at radius 1 is 1.10 bits per heavy atom. The van der Waals surface area contributed by atoms with Crippen LogP contribution in [-0.2, 0) is 10.8 Å². The molecule has 3 rings (SSSR count). The van der Waals surface area contributed by atoms with Gasteiger partial charge in [0.1, 0.15) is 17.0 Å². The van der Waals surface area contributed by atoms with Gasteiger partial charge in [-0.05, 0) is 34.6 Å². The molecule has 1 heterocycles. The van der Waals surface area contributed by atoms with E-state index in [1.54, 1.807) is 6.07 Å². The minimum Gasteiger partial charge on any atom is -0.496 e. The Bertz CT molecular complexity index is 1180. The molecule has 3 aromatic rings. The average molecular weight is 424 g/mol. The number of hydrogen-bond acceptors (Lipinski definition) is 6. The van der Waals surface area contributed by atoms with Gasteiger partial charge in [0.05, 0.1) is 23.7 Å². The van der Waals surface area contributed by atoms with Crippen LogP contribution in [0.4, 0.5) is 11.4 Å². The van der Waals surface area contributed by atoms with Crippen LogP contribution in [0.15, 0.2) is 39.7 Å². The summed E-state index contributed by atoms with van der Waals surface area (Å²) in [5.74, 6) is 0.0957. The molecule has 0 bridgehead atoms. The van der Waals surface area contributed by atoms with Crippen LogP contribution in [0.1, 0.15) is 58.2 Å². The van der Waals surface area contributed by atoms with Crippen LogP contribution in [0.2, 0.25) is 0 Å². The summed E-state index contributed by atoms with van der Waals surface area (Å²) < 4.78 is 10.8. The molecule has 2 aromatic carbocycles. The summed E-state index contributed by atoms with van der Waals surface area (Å²) in [4.78, 5) is 15.2. The fourth-order valence-electron chi connectivity index (χ4n) is 3.34. The van der Waals surface area contributed by atoms with Gasteiger partial charge in [0.2, 0.25) is 0 Å². The van der Waals surface area contributed by atoms with E-state index in [1.165, 1.54) is 25.5 Å². The average Bonchev–Trinajstić information content (AvgIpc) is 2.98. The smallest absolute Gasteiger partial charge is 0.298 e. The summed E-state index contributed by atoms with van der Waals surface area (Å²) in [5.41, 5.74) is 2.67. The third kappa shape index (κ3) is 4.40. The summed E-state index contributed by atoms with van der Waals surface area (Å²) in [6.07, 6.45) is 1.41. The number of hydrogen-bond donors (Lipinski definition) is 1. The van der Waals surface area contributed by atoms with E-state index in [0.29, 0.717) is 16.9 Å². The van der Waals surface area contributed by atoms with E-state index in [2.05, 4.69) is 52.6 Å². The van der Waals surface area contributed by atoms with E-state index in [-0.39, 0.29) is 28.2 Å². The van der Waals surface area contributed by atoms with E-state index < -0.39 is 4.92 Å². The Kier molecular flexibility index (Phi) is 5.56. The first-order valence-electron chi connectivity index (χ1n) is 10.00. The van der Waals surface area contributed by atoms with E-state index in [0.717, 1.165) is 16.5 Å². The number of ether oxygens (including phenoxy) is 1. The fourth-order valence-corrected chi connectivity index (χ4v) is 3.34. The van der Waals surface area contributed by atoms with Crippen LogP contribution in [0.3, 0.4) is 0 Å². The third-order valence-electron chi connectivity index (χ3n) is 5.19. The first-order chi connectivity index (χ1) is 14.3. The van der Waals surface area contributed by atoms with Crippen molar-refractivity contribution in [3.05, 3.63) is 57.1 Å².